The zero-order valence-electron chi connectivity index (χ0n) is 12.2. The molecule has 112 valence electrons. The molecule has 0 spiro atoms. The lowest BCUT2D eigenvalue weighted by atomic mass is 10.1. The van der Waals surface area contributed by atoms with Crippen molar-refractivity contribution in [1.82, 2.24) is 0 Å². The number of unbranched alkanes of at least 4 members (excludes halogenated alkanes) is 9. The Hall–Kier alpha value is -0.0900. The van der Waals surface area contributed by atoms with Crippen LogP contribution in [0.4, 0.5) is 0 Å². The number of hydrogen-bond donors (Lipinski definition) is 0. The molecule has 0 radical (unpaired) electrons. The SMILES string of the molecule is CCCCCCCCCCCCC(=S)SCOC=O. The first-order valence-corrected chi connectivity index (χ1v) is 8.91. The lowest BCUT2D eigenvalue weighted by Crippen LogP contribution is -1.93. The number of hydrogen-bond acceptors (Lipinski definition) is 4. The van der Waals surface area contributed by atoms with E-state index >= 15 is 0 Å². The molecule has 0 saturated heterocycles. The molecule has 0 aliphatic carbocycles. The number of carbonyl (C=O) groups excluding carboxylic acids is 1. The van der Waals surface area contributed by atoms with Crippen LogP contribution in [0.3, 0.4) is 0 Å². The fraction of sp³-hybridized carbons (Fsp3) is 0.867. The van der Waals surface area contributed by atoms with Crippen molar-refractivity contribution in [2.45, 2.75) is 77.6 Å². The van der Waals surface area contributed by atoms with Gasteiger partial charge in [0.1, 0.15) is 5.94 Å². The molecule has 0 heterocycles. The van der Waals surface area contributed by atoms with Gasteiger partial charge in [-0.05, 0) is 12.8 Å². The highest BCUT2D eigenvalue weighted by Gasteiger charge is 1.98. The highest BCUT2D eigenvalue weighted by atomic mass is 32.2. The van der Waals surface area contributed by atoms with E-state index in [4.69, 9.17) is 12.2 Å². The van der Waals surface area contributed by atoms with Crippen LogP contribution in [0.1, 0.15) is 77.6 Å². The molecule has 0 aliphatic rings. The topological polar surface area (TPSA) is 26.3 Å². The summed E-state index contributed by atoms with van der Waals surface area (Å²) in [6.07, 6.45) is 14.4. The van der Waals surface area contributed by atoms with E-state index < -0.39 is 0 Å². The Kier molecular flexibility index (Phi) is 15.9. The molecular formula is C15H28O2S2. The van der Waals surface area contributed by atoms with E-state index in [1.165, 1.54) is 76.0 Å². The Bertz CT molecular complexity index is 220. The van der Waals surface area contributed by atoms with Crippen LogP contribution in [0, 0.1) is 0 Å². The van der Waals surface area contributed by atoms with E-state index in [0.29, 0.717) is 12.4 Å². The standard InChI is InChI=1S/C15H28O2S2/c1-2-3-4-5-6-7-8-9-10-11-12-15(18)19-14-17-13-16/h13H,2-12,14H2,1H3. The number of ether oxygens (including phenoxy) is 1. The third kappa shape index (κ3) is 15.9. The van der Waals surface area contributed by atoms with E-state index in [0.717, 1.165) is 10.6 Å². The summed E-state index contributed by atoms with van der Waals surface area (Å²) in [6.45, 7) is 2.73. The molecule has 0 aromatic rings. The Morgan fingerprint density at radius 3 is 2.05 bits per heavy atom. The lowest BCUT2D eigenvalue weighted by Gasteiger charge is -2.03. The van der Waals surface area contributed by atoms with Crippen LogP contribution in [0.15, 0.2) is 0 Å². The molecule has 0 aliphatic heterocycles. The van der Waals surface area contributed by atoms with Crippen molar-refractivity contribution in [2.24, 2.45) is 0 Å². The van der Waals surface area contributed by atoms with Gasteiger partial charge in [-0.25, -0.2) is 0 Å². The lowest BCUT2D eigenvalue weighted by molar-refractivity contribution is -0.126. The smallest absolute Gasteiger partial charge is 0.293 e. The molecule has 0 aromatic heterocycles. The molecule has 0 atom stereocenters. The number of rotatable bonds is 14. The minimum atomic E-state index is 0.361. The van der Waals surface area contributed by atoms with Gasteiger partial charge in [0.15, 0.2) is 0 Å². The van der Waals surface area contributed by atoms with Gasteiger partial charge < -0.3 is 4.74 Å². The van der Waals surface area contributed by atoms with Crippen LogP contribution in [0.25, 0.3) is 0 Å². The summed E-state index contributed by atoms with van der Waals surface area (Å²) in [5, 5.41) is 0. The summed E-state index contributed by atoms with van der Waals surface area (Å²) in [5.74, 6) is 0.361. The van der Waals surface area contributed by atoms with Gasteiger partial charge in [-0.2, -0.15) is 0 Å². The van der Waals surface area contributed by atoms with Crippen LogP contribution >= 0.6 is 24.0 Å². The maximum Gasteiger partial charge on any atom is 0.293 e. The van der Waals surface area contributed by atoms with E-state index in [1.54, 1.807) is 0 Å². The van der Waals surface area contributed by atoms with Crippen molar-refractivity contribution in [1.29, 1.82) is 0 Å². The quantitative estimate of drug-likeness (QED) is 0.183. The van der Waals surface area contributed by atoms with Crippen molar-refractivity contribution in [3.05, 3.63) is 0 Å². The second-order valence-electron chi connectivity index (χ2n) is 4.83. The summed E-state index contributed by atoms with van der Waals surface area (Å²) in [4.78, 5) is 9.95. The molecule has 4 heteroatoms. The summed E-state index contributed by atoms with van der Waals surface area (Å²) in [5.41, 5.74) is 0. The van der Waals surface area contributed by atoms with E-state index in [1.807, 2.05) is 0 Å². The summed E-state index contributed by atoms with van der Waals surface area (Å²) in [7, 11) is 0. The summed E-state index contributed by atoms with van der Waals surface area (Å²) >= 11 is 6.65. The van der Waals surface area contributed by atoms with Gasteiger partial charge in [0.2, 0.25) is 0 Å². The van der Waals surface area contributed by atoms with Crippen molar-refractivity contribution < 1.29 is 9.53 Å². The molecule has 0 saturated carbocycles. The number of carbonyl (C=O) groups is 1. The fourth-order valence-electron chi connectivity index (χ4n) is 1.96. The van der Waals surface area contributed by atoms with Crippen molar-refractivity contribution in [3.8, 4) is 0 Å². The number of thiocarbonyl (C=S) groups is 1. The van der Waals surface area contributed by atoms with Crippen LogP contribution in [-0.2, 0) is 9.53 Å². The molecule has 0 rings (SSSR count). The molecule has 0 N–H and O–H groups in total. The average Bonchev–Trinajstić information content (AvgIpc) is 2.41. The second kappa shape index (κ2) is 16.0. The zero-order valence-corrected chi connectivity index (χ0v) is 13.8. The highest BCUT2D eigenvalue weighted by molar-refractivity contribution is 8.23. The predicted octanol–water partition coefficient (Wildman–Crippen LogP) is 5.49. The molecular weight excluding hydrogens is 276 g/mol. The first kappa shape index (κ1) is 18.9. The zero-order chi connectivity index (χ0) is 14.2. The maximum atomic E-state index is 9.95. The molecule has 2 nitrogen and oxygen atoms in total. The highest BCUT2D eigenvalue weighted by Crippen LogP contribution is 2.14. The second-order valence-corrected chi connectivity index (χ2v) is 6.60. The molecule has 0 fully saturated rings. The Balaban J connectivity index is 3.09. The van der Waals surface area contributed by atoms with Crippen LogP contribution in [0.2, 0.25) is 0 Å². The van der Waals surface area contributed by atoms with Crippen molar-refractivity contribution >= 4 is 34.6 Å². The van der Waals surface area contributed by atoms with Crippen LogP contribution in [0.5, 0.6) is 0 Å². The van der Waals surface area contributed by atoms with Crippen molar-refractivity contribution in [3.63, 3.8) is 0 Å². The maximum absolute atomic E-state index is 9.95. The first-order chi connectivity index (χ1) is 9.31. The van der Waals surface area contributed by atoms with Gasteiger partial charge in [0.25, 0.3) is 6.47 Å². The van der Waals surface area contributed by atoms with Crippen molar-refractivity contribution in [2.75, 3.05) is 5.94 Å². The number of thioether (sulfide) groups is 1. The van der Waals surface area contributed by atoms with Gasteiger partial charge in [0, 0.05) is 0 Å². The molecule has 19 heavy (non-hydrogen) atoms. The Labute approximate surface area is 128 Å². The van der Waals surface area contributed by atoms with Gasteiger partial charge in [-0.1, -0.05) is 88.7 Å². The Morgan fingerprint density at radius 1 is 1.00 bits per heavy atom. The van der Waals surface area contributed by atoms with Crippen LogP contribution < -0.4 is 0 Å². The van der Waals surface area contributed by atoms with E-state index in [2.05, 4.69) is 11.7 Å². The van der Waals surface area contributed by atoms with Gasteiger partial charge in [0.05, 0.1) is 4.20 Å². The minimum Gasteiger partial charge on any atom is -0.456 e. The minimum absolute atomic E-state index is 0.361. The molecule has 0 unspecified atom stereocenters. The predicted molar refractivity (Wildman–Crippen MR) is 88.7 cm³/mol. The van der Waals surface area contributed by atoms with E-state index in [-0.39, 0.29) is 0 Å². The van der Waals surface area contributed by atoms with Gasteiger partial charge in [-0.15, -0.1) is 0 Å². The third-order valence-corrected chi connectivity index (χ3v) is 4.43. The molecule has 0 aromatic carbocycles. The fourth-order valence-corrected chi connectivity index (χ4v) is 2.79. The van der Waals surface area contributed by atoms with Gasteiger partial charge in [-0.3, -0.25) is 4.79 Å². The summed E-state index contributed by atoms with van der Waals surface area (Å²) < 4.78 is 5.56. The van der Waals surface area contributed by atoms with Crippen LogP contribution in [-0.4, -0.2) is 16.6 Å². The van der Waals surface area contributed by atoms with E-state index in [9.17, 15) is 4.79 Å². The molecule has 0 bridgehead atoms. The first-order valence-electron chi connectivity index (χ1n) is 7.52. The normalized spacial score (nSPS) is 10.4. The molecule has 0 amide bonds. The third-order valence-electron chi connectivity index (χ3n) is 3.09. The average molecular weight is 305 g/mol. The van der Waals surface area contributed by atoms with Gasteiger partial charge >= 0.3 is 0 Å². The Morgan fingerprint density at radius 2 is 1.53 bits per heavy atom. The largest absolute Gasteiger partial charge is 0.456 e. The summed E-state index contributed by atoms with van der Waals surface area (Å²) in [6, 6.07) is 0. The monoisotopic (exact) mass is 304 g/mol.